The quantitative estimate of drug-likeness (QED) is 0.771. The molecule has 3 N–H and O–H groups in total. The fourth-order valence-corrected chi connectivity index (χ4v) is 2.99. The summed E-state index contributed by atoms with van der Waals surface area (Å²) in [7, 11) is 0. The molecule has 22 heavy (non-hydrogen) atoms. The van der Waals surface area contributed by atoms with E-state index < -0.39 is 11.8 Å². The van der Waals surface area contributed by atoms with Crippen LogP contribution in [0.15, 0.2) is 46.0 Å². The van der Waals surface area contributed by atoms with E-state index >= 15 is 0 Å². The van der Waals surface area contributed by atoms with Gasteiger partial charge in [-0.3, -0.25) is 14.7 Å². The molecule has 2 aromatic rings. The minimum absolute atomic E-state index is 0.123. The average molecular weight is 301 g/mol. The van der Waals surface area contributed by atoms with E-state index in [0.29, 0.717) is 12.2 Å². The number of likely N-dealkylation sites (tertiary alicyclic amines) is 1. The maximum Gasteiger partial charge on any atom is 0.325 e. The molecule has 1 saturated heterocycles. The highest BCUT2D eigenvalue weighted by Crippen LogP contribution is 2.26. The lowest BCUT2D eigenvalue weighted by Gasteiger charge is -2.20. The Balaban J connectivity index is 1.65. The van der Waals surface area contributed by atoms with Crippen molar-refractivity contribution in [2.75, 3.05) is 19.6 Å². The number of H-pyrrole nitrogens is 2. The van der Waals surface area contributed by atoms with Gasteiger partial charge in [0.25, 0.3) is 5.56 Å². The average Bonchev–Trinajstić information content (AvgIpc) is 2.96. The Morgan fingerprint density at radius 3 is 2.73 bits per heavy atom. The third-order valence-corrected chi connectivity index (χ3v) is 4.11. The van der Waals surface area contributed by atoms with Gasteiger partial charge in [-0.15, -0.1) is 0 Å². The molecule has 0 saturated carbocycles. The molecular formula is C16H19N3O3. The molecule has 116 valence electrons. The standard InChI is InChI=1S/C16H19N3O3/c20-14(11-4-2-1-3-5-11)10-19-7-6-12(9-19)13-8-15(21)18-16(22)17-13/h1-5,8,12,14,20H,6-7,9-10H2,(H2,17,18,21,22)/t12?,14-/m1/s1. The normalized spacial score (nSPS) is 20.1. The second-order valence-corrected chi connectivity index (χ2v) is 5.71. The van der Waals surface area contributed by atoms with Crippen molar-refractivity contribution < 1.29 is 5.11 Å². The third kappa shape index (κ3) is 3.35. The number of β-amino-alcohol motifs (C(OH)–C–C–N with tert-alkyl or cyclic N) is 1. The first-order chi connectivity index (χ1) is 10.6. The van der Waals surface area contributed by atoms with E-state index in [0.717, 1.165) is 25.1 Å². The van der Waals surface area contributed by atoms with Crippen molar-refractivity contribution in [3.8, 4) is 0 Å². The predicted molar refractivity (Wildman–Crippen MR) is 82.9 cm³/mol. The van der Waals surface area contributed by atoms with E-state index in [1.165, 1.54) is 6.07 Å². The number of hydrogen-bond acceptors (Lipinski definition) is 4. The van der Waals surface area contributed by atoms with Crippen molar-refractivity contribution >= 4 is 0 Å². The summed E-state index contributed by atoms with van der Waals surface area (Å²) in [5.41, 5.74) is 0.729. The lowest BCUT2D eigenvalue weighted by atomic mass is 10.1. The van der Waals surface area contributed by atoms with Gasteiger partial charge < -0.3 is 10.1 Å². The van der Waals surface area contributed by atoms with Crippen LogP contribution in [0.3, 0.4) is 0 Å². The van der Waals surface area contributed by atoms with Crippen molar-refractivity contribution in [3.63, 3.8) is 0 Å². The lowest BCUT2D eigenvalue weighted by molar-refractivity contribution is 0.125. The van der Waals surface area contributed by atoms with Gasteiger partial charge in [-0.25, -0.2) is 4.79 Å². The fraction of sp³-hybridized carbons (Fsp3) is 0.375. The molecule has 6 heteroatoms. The van der Waals surface area contributed by atoms with E-state index in [1.807, 2.05) is 30.3 Å². The van der Waals surface area contributed by atoms with Gasteiger partial charge in [-0.05, 0) is 18.5 Å². The molecule has 1 aliphatic rings. The van der Waals surface area contributed by atoms with Gasteiger partial charge in [0.15, 0.2) is 0 Å². The van der Waals surface area contributed by atoms with Crippen LogP contribution in [-0.2, 0) is 0 Å². The molecule has 1 aromatic carbocycles. The van der Waals surface area contributed by atoms with Crippen LogP contribution in [0.4, 0.5) is 0 Å². The maximum atomic E-state index is 11.4. The molecule has 0 aliphatic carbocycles. The first-order valence-electron chi connectivity index (χ1n) is 7.41. The molecule has 0 spiro atoms. The van der Waals surface area contributed by atoms with E-state index in [4.69, 9.17) is 0 Å². The number of nitrogens with one attached hydrogen (secondary N) is 2. The first kappa shape index (κ1) is 14.7. The highest BCUT2D eigenvalue weighted by Gasteiger charge is 2.26. The highest BCUT2D eigenvalue weighted by molar-refractivity contribution is 5.18. The number of aromatic nitrogens is 2. The smallest absolute Gasteiger partial charge is 0.325 e. The van der Waals surface area contributed by atoms with Gasteiger partial charge in [0.1, 0.15) is 0 Å². The van der Waals surface area contributed by atoms with E-state index in [1.54, 1.807) is 0 Å². The summed E-state index contributed by atoms with van der Waals surface area (Å²) < 4.78 is 0. The minimum Gasteiger partial charge on any atom is -0.387 e. The summed E-state index contributed by atoms with van der Waals surface area (Å²) >= 11 is 0. The Bertz CT molecular complexity index is 710. The summed E-state index contributed by atoms with van der Waals surface area (Å²) in [5, 5.41) is 10.3. The van der Waals surface area contributed by atoms with Gasteiger partial charge in [-0.2, -0.15) is 0 Å². The van der Waals surface area contributed by atoms with Crippen molar-refractivity contribution in [2.24, 2.45) is 0 Å². The molecule has 2 heterocycles. The predicted octanol–water partition coefficient (Wildman–Crippen LogP) is 0.586. The summed E-state index contributed by atoms with van der Waals surface area (Å²) in [6.45, 7) is 2.11. The van der Waals surface area contributed by atoms with E-state index in [9.17, 15) is 14.7 Å². The minimum atomic E-state index is -0.529. The molecule has 1 unspecified atom stereocenters. The number of rotatable bonds is 4. The Morgan fingerprint density at radius 1 is 1.23 bits per heavy atom. The number of aliphatic hydroxyl groups is 1. The lowest BCUT2D eigenvalue weighted by Crippen LogP contribution is -2.28. The van der Waals surface area contributed by atoms with E-state index in [2.05, 4.69) is 14.9 Å². The van der Waals surface area contributed by atoms with Crippen molar-refractivity contribution in [1.82, 2.24) is 14.9 Å². The van der Waals surface area contributed by atoms with Crippen LogP contribution in [0, 0.1) is 0 Å². The zero-order valence-corrected chi connectivity index (χ0v) is 12.2. The number of benzene rings is 1. The molecule has 1 fully saturated rings. The molecule has 1 aromatic heterocycles. The topological polar surface area (TPSA) is 89.2 Å². The Hall–Kier alpha value is -2.18. The zero-order chi connectivity index (χ0) is 15.5. The first-order valence-corrected chi connectivity index (χ1v) is 7.41. The molecular weight excluding hydrogens is 282 g/mol. The maximum absolute atomic E-state index is 11.4. The third-order valence-electron chi connectivity index (χ3n) is 4.11. The van der Waals surface area contributed by atoms with Crippen LogP contribution >= 0.6 is 0 Å². The molecule has 0 bridgehead atoms. The number of nitrogens with zero attached hydrogens (tertiary/aromatic N) is 1. The Morgan fingerprint density at radius 2 is 2.00 bits per heavy atom. The van der Waals surface area contributed by atoms with Crippen LogP contribution in [0.1, 0.15) is 29.7 Å². The summed E-state index contributed by atoms with van der Waals surface area (Å²) in [4.78, 5) is 29.8. The number of hydrogen-bond donors (Lipinski definition) is 3. The second-order valence-electron chi connectivity index (χ2n) is 5.71. The highest BCUT2D eigenvalue weighted by atomic mass is 16.3. The van der Waals surface area contributed by atoms with Crippen molar-refractivity contribution in [1.29, 1.82) is 0 Å². The van der Waals surface area contributed by atoms with Crippen molar-refractivity contribution in [3.05, 3.63) is 68.5 Å². The molecule has 0 amide bonds. The molecule has 1 aliphatic heterocycles. The van der Waals surface area contributed by atoms with Crippen molar-refractivity contribution in [2.45, 2.75) is 18.4 Å². The van der Waals surface area contributed by atoms with Crippen LogP contribution < -0.4 is 11.2 Å². The molecule has 6 nitrogen and oxygen atoms in total. The van der Waals surface area contributed by atoms with Gasteiger partial charge >= 0.3 is 5.69 Å². The monoisotopic (exact) mass is 301 g/mol. The summed E-state index contributed by atoms with van der Waals surface area (Å²) in [5.74, 6) is 0.123. The SMILES string of the molecule is O=c1cc(C2CCN(C[C@@H](O)c3ccccc3)C2)[nH]c(=O)[nH]1. The van der Waals surface area contributed by atoms with Gasteiger partial charge in [0.2, 0.25) is 0 Å². The Kier molecular flexibility index (Phi) is 4.22. The number of aliphatic hydroxyl groups excluding tert-OH is 1. The second kappa shape index (κ2) is 6.29. The van der Waals surface area contributed by atoms with Crippen LogP contribution in [0.25, 0.3) is 0 Å². The zero-order valence-electron chi connectivity index (χ0n) is 12.2. The fourth-order valence-electron chi connectivity index (χ4n) is 2.99. The van der Waals surface area contributed by atoms with Gasteiger partial charge in [0.05, 0.1) is 6.10 Å². The molecule has 3 rings (SSSR count). The molecule has 2 atom stereocenters. The largest absolute Gasteiger partial charge is 0.387 e. The van der Waals surface area contributed by atoms with Crippen LogP contribution in [-0.4, -0.2) is 39.6 Å². The summed E-state index contributed by atoms with van der Waals surface area (Å²) in [6, 6.07) is 11.0. The summed E-state index contributed by atoms with van der Waals surface area (Å²) in [6.07, 6.45) is 0.333. The van der Waals surface area contributed by atoms with Gasteiger partial charge in [0, 0.05) is 30.8 Å². The van der Waals surface area contributed by atoms with Crippen LogP contribution in [0.5, 0.6) is 0 Å². The van der Waals surface area contributed by atoms with E-state index in [-0.39, 0.29) is 11.5 Å². The van der Waals surface area contributed by atoms with Crippen LogP contribution in [0.2, 0.25) is 0 Å². The van der Waals surface area contributed by atoms with Gasteiger partial charge in [-0.1, -0.05) is 30.3 Å². The number of aromatic amines is 2. The Labute approximate surface area is 127 Å². The molecule has 0 radical (unpaired) electrons.